The van der Waals surface area contributed by atoms with E-state index in [1.807, 2.05) is 12.1 Å². The van der Waals surface area contributed by atoms with Gasteiger partial charge in [0.1, 0.15) is 5.82 Å². The van der Waals surface area contributed by atoms with Crippen LogP contribution in [0.3, 0.4) is 0 Å². The van der Waals surface area contributed by atoms with Crippen molar-refractivity contribution >= 4 is 21.7 Å². The molecule has 2 rings (SSSR count). The van der Waals surface area contributed by atoms with Crippen LogP contribution in [0.1, 0.15) is 0 Å². The lowest BCUT2D eigenvalue weighted by molar-refractivity contribution is 0.249. The quantitative estimate of drug-likeness (QED) is 0.871. The molecule has 1 aromatic heterocycles. The second-order valence-electron chi connectivity index (χ2n) is 3.85. The predicted molar refractivity (Wildman–Crippen MR) is 69.7 cm³/mol. The SMILES string of the molecule is Brc1cccnc1NCCN1CCNCC1. The second-order valence-corrected chi connectivity index (χ2v) is 4.71. The third kappa shape index (κ3) is 3.43. The van der Waals surface area contributed by atoms with E-state index in [1.54, 1.807) is 6.20 Å². The molecule has 1 fully saturated rings. The summed E-state index contributed by atoms with van der Waals surface area (Å²) >= 11 is 3.47. The molecule has 0 saturated carbocycles. The van der Waals surface area contributed by atoms with Crippen molar-refractivity contribution in [1.29, 1.82) is 0 Å². The molecule has 0 aliphatic carbocycles. The Morgan fingerprint density at radius 3 is 3.00 bits per heavy atom. The van der Waals surface area contributed by atoms with Crippen LogP contribution in [-0.2, 0) is 0 Å². The monoisotopic (exact) mass is 284 g/mol. The Hall–Kier alpha value is -0.650. The van der Waals surface area contributed by atoms with E-state index in [0.717, 1.165) is 49.6 Å². The number of pyridine rings is 1. The highest BCUT2D eigenvalue weighted by Gasteiger charge is 2.08. The third-order valence-corrected chi connectivity index (χ3v) is 3.33. The third-order valence-electron chi connectivity index (χ3n) is 2.69. The van der Waals surface area contributed by atoms with Gasteiger partial charge in [-0.3, -0.25) is 4.90 Å². The predicted octanol–water partition coefficient (Wildman–Crippen LogP) is 1.16. The molecule has 0 radical (unpaired) electrons. The maximum atomic E-state index is 4.27. The van der Waals surface area contributed by atoms with Crippen molar-refractivity contribution in [2.75, 3.05) is 44.6 Å². The van der Waals surface area contributed by atoms with Gasteiger partial charge in [-0.25, -0.2) is 4.98 Å². The van der Waals surface area contributed by atoms with Gasteiger partial charge in [0.2, 0.25) is 0 Å². The zero-order valence-corrected chi connectivity index (χ0v) is 10.8. The van der Waals surface area contributed by atoms with Crippen LogP contribution in [0.2, 0.25) is 0 Å². The van der Waals surface area contributed by atoms with E-state index < -0.39 is 0 Å². The van der Waals surface area contributed by atoms with Gasteiger partial charge in [0.15, 0.2) is 0 Å². The van der Waals surface area contributed by atoms with Crippen LogP contribution >= 0.6 is 15.9 Å². The van der Waals surface area contributed by atoms with Crippen molar-refractivity contribution < 1.29 is 0 Å². The molecule has 0 atom stereocenters. The van der Waals surface area contributed by atoms with Gasteiger partial charge in [0, 0.05) is 45.5 Å². The number of anilines is 1. The Morgan fingerprint density at radius 1 is 1.44 bits per heavy atom. The molecule has 4 nitrogen and oxygen atoms in total. The fourth-order valence-corrected chi connectivity index (χ4v) is 2.18. The summed E-state index contributed by atoms with van der Waals surface area (Å²) in [5.41, 5.74) is 0. The maximum Gasteiger partial charge on any atom is 0.140 e. The Labute approximate surface area is 105 Å². The van der Waals surface area contributed by atoms with Gasteiger partial charge in [0.25, 0.3) is 0 Å². The standard InChI is InChI=1S/C11H17BrN4/c12-10-2-1-3-14-11(10)15-6-9-16-7-4-13-5-8-16/h1-3,13H,4-9H2,(H,14,15). The summed E-state index contributed by atoms with van der Waals surface area (Å²) in [6.45, 7) is 6.51. The molecule has 2 heterocycles. The number of rotatable bonds is 4. The minimum atomic E-state index is 0.928. The lowest BCUT2D eigenvalue weighted by Crippen LogP contribution is -2.45. The number of piperazine rings is 1. The summed E-state index contributed by atoms with van der Waals surface area (Å²) in [7, 11) is 0. The number of aromatic nitrogens is 1. The van der Waals surface area contributed by atoms with Gasteiger partial charge in [-0.05, 0) is 28.1 Å². The topological polar surface area (TPSA) is 40.2 Å². The summed E-state index contributed by atoms with van der Waals surface area (Å²) in [5, 5.41) is 6.69. The molecule has 1 aliphatic heterocycles. The Bertz CT molecular complexity index is 326. The van der Waals surface area contributed by atoms with Crippen LogP contribution in [0.4, 0.5) is 5.82 Å². The van der Waals surface area contributed by atoms with Crippen LogP contribution in [0.25, 0.3) is 0 Å². The Balaban J connectivity index is 1.73. The molecule has 0 amide bonds. The lowest BCUT2D eigenvalue weighted by Gasteiger charge is -2.27. The first-order chi connectivity index (χ1) is 7.86. The summed E-state index contributed by atoms with van der Waals surface area (Å²) in [4.78, 5) is 6.73. The van der Waals surface area contributed by atoms with Gasteiger partial charge in [-0.2, -0.15) is 0 Å². The first-order valence-corrected chi connectivity index (χ1v) is 6.43. The van der Waals surface area contributed by atoms with Gasteiger partial charge < -0.3 is 10.6 Å². The van der Waals surface area contributed by atoms with E-state index >= 15 is 0 Å². The van der Waals surface area contributed by atoms with Crippen molar-refractivity contribution in [2.24, 2.45) is 0 Å². The minimum absolute atomic E-state index is 0.928. The van der Waals surface area contributed by atoms with Crippen molar-refractivity contribution in [3.05, 3.63) is 22.8 Å². The number of nitrogens with one attached hydrogen (secondary N) is 2. The Morgan fingerprint density at radius 2 is 2.25 bits per heavy atom. The average Bonchev–Trinajstić information content (AvgIpc) is 2.33. The summed E-state index contributed by atoms with van der Waals surface area (Å²) in [6.07, 6.45) is 1.80. The van der Waals surface area contributed by atoms with E-state index in [4.69, 9.17) is 0 Å². The number of hydrogen-bond acceptors (Lipinski definition) is 4. The zero-order chi connectivity index (χ0) is 11.2. The minimum Gasteiger partial charge on any atom is -0.368 e. The van der Waals surface area contributed by atoms with Crippen LogP contribution in [0, 0.1) is 0 Å². The smallest absolute Gasteiger partial charge is 0.140 e. The normalized spacial score (nSPS) is 17.3. The van der Waals surface area contributed by atoms with Crippen molar-refractivity contribution in [2.45, 2.75) is 0 Å². The molecule has 16 heavy (non-hydrogen) atoms. The van der Waals surface area contributed by atoms with E-state index in [2.05, 4.69) is 36.4 Å². The van der Waals surface area contributed by atoms with E-state index in [-0.39, 0.29) is 0 Å². The molecule has 5 heteroatoms. The van der Waals surface area contributed by atoms with Crippen molar-refractivity contribution in [3.63, 3.8) is 0 Å². The van der Waals surface area contributed by atoms with Crippen LogP contribution in [-0.4, -0.2) is 49.2 Å². The highest BCUT2D eigenvalue weighted by atomic mass is 79.9. The maximum absolute atomic E-state index is 4.27. The molecular formula is C11H17BrN4. The van der Waals surface area contributed by atoms with Crippen LogP contribution in [0.5, 0.6) is 0 Å². The van der Waals surface area contributed by atoms with E-state index in [9.17, 15) is 0 Å². The average molecular weight is 285 g/mol. The number of nitrogens with zero attached hydrogens (tertiary/aromatic N) is 2. The highest BCUT2D eigenvalue weighted by molar-refractivity contribution is 9.10. The number of halogens is 1. The van der Waals surface area contributed by atoms with Crippen LogP contribution in [0.15, 0.2) is 22.8 Å². The van der Waals surface area contributed by atoms with Gasteiger partial charge >= 0.3 is 0 Å². The second kappa shape index (κ2) is 6.18. The molecular weight excluding hydrogens is 268 g/mol. The van der Waals surface area contributed by atoms with Gasteiger partial charge in [-0.1, -0.05) is 0 Å². The highest BCUT2D eigenvalue weighted by Crippen LogP contribution is 2.17. The fourth-order valence-electron chi connectivity index (χ4n) is 1.78. The van der Waals surface area contributed by atoms with Gasteiger partial charge in [-0.15, -0.1) is 0 Å². The number of hydrogen-bond donors (Lipinski definition) is 2. The molecule has 88 valence electrons. The largest absolute Gasteiger partial charge is 0.368 e. The molecule has 0 bridgehead atoms. The molecule has 0 aromatic carbocycles. The van der Waals surface area contributed by atoms with E-state index in [0.29, 0.717) is 0 Å². The summed E-state index contributed by atoms with van der Waals surface area (Å²) in [5.74, 6) is 0.928. The molecule has 2 N–H and O–H groups in total. The lowest BCUT2D eigenvalue weighted by atomic mass is 10.3. The first-order valence-electron chi connectivity index (χ1n) is 5.64. The van der Waals surface area contributed by atoms with E-state index in [1.165, 1.54) is 0 Å². The molecule has 1 aliphatic rings. The first kappa shape index (κ1) is 11.8. The molecule has 0 spiro atoms. The van der Waals surface area contributed by atoms with Crippen molar-refractivity contribution in [1.82, 2.24) is 15.2 Å². The zero-order valence-electron chi connectivity index (χ0n) is 9.25. The summed E-state index contributed by atoms with van der Waals surface area (Å²) < 4.78 is 1.02. The molecule has 1 saturated heterocycles. The Kier molecular flexibility index (Phi) is 4.56. The van der Waals surface area contributed by atoms with Gasteiger partial charge in [0.05, 0.1) is 4.47 Å². The van der Waals surface area contributed by atoms with Crippen LogP contribution < -0.4 is 10.6 Å². The molecule has 0 unspecified atom stereocenters. The summed E-state index contributed by atoms with van der Waals surface area (Å²) in [6, 6.07) is 3.92. The molecule has 1 aromatic rings. The fraction of sp³-hybridized carbons (Fsp3) is 0.545. The van der Waals surface area contributed by atoms with Crippen molar-refractivity contribution in [3.8, 4) is 0 Å².